The van der Waals surface area contributed by atoms with Gasteiger partial charge in [0, 0.05) is 39.0 Å². The molecule has 2 fully saturated rings. The lowest BCUT2D eigenvalue weighted by molar-refractivity contribution is -0.138. The number of aromatic nitrogens is 1. The van der Waals surface area contributed by atoms with Crippen LogP contribution in [0.3, 0.4) is 0 Å². The highest BCUT2D eigenvalue weighted by molar-refractivity contribution is 5.77. The highest BCUT2D eigenvalue weighted by Gasteiger charge is 2.22. The van der Waals surface area contributed by atoms with E-state index in [1.165, 1.54) is 6.42 Å². The van der Waals surface area contributed by atoms with E-state index in [1.807, 2.05) is 17.2 Å². The van der Waals surface area contributed by atoms with Crippen LogP contribution in [0.1, 0.15) is 19.3 Å². The maximum absolute atomic E-state index is 12.2. The summed E-state index contributed by atoms with van der Waals surface area (Å²) in [6.07, 6.45) is 7.17. The zero-order valence-electron chi connectivity index (χ0n) is 13.5. The molecule has 1 aromatic rings. The molecule has 0 bridgehead atoms. The van der Waals surface area contributed by atoms with Crippen LogP contribution >= 0.6 is 0 Å². The first-order valence-corrected chi connectivity index (χ1v) is 8.45. The maximum Gasteiger partial charge on any atom is 0.248 e. The van der Waals surface area contributed by atoms with Crippen LogP contribution < -0.4 is 4.90 Å². The lowest BCUT2D eigenvalue weighted by atomic mass is 10.1. The first-order chi connectivity index (χ1) is 11.3. The minimum absolute atomic E-state index is 0.0756. The molecule has 126 valence electrons. The van der Waals surface area contributed by atoms with Crippen molar-refractivity contribution in [3.05, 3.63) is 24.5 Å². The molecule has 0 spiro atoms. The lowest BCUT2D eigenvalue weighted by Gasteiger charge is -2.36. The molecule has 2 aliphatic heterocycles. The predicted octanol–water partition coefficient (Wildman–Crippen LogP) is 1.32. The quantitative estimate of drug-likeness (QED) is 0.819. The number of ether oxygens (including phenoxy) is 2. The average Bonchev–Trinajstić information content (AvgIpc) is 2.63. The van der Waals surface area contributed by atoms with Crippen molar-refractivity contribution >= 4 is 11.6 Å². The van der Waals surface area contributed by atoms with Gasteiger partial charge in [0.1, 0.15) is 6.61 Å². The summed E-state index contributed by atoms with van der Waals surface area (Å²) in [5, 5.41) is 0. The Balaban J connectivity index is 1.36. The van der Waals surface area contributed by atoms with Gasteiger partial charge >= 0.3 is 0 Å². The van der Waals surface area contributed by atoms with E-state index in [0.29, 0.717) is 6.61 Å². The minimum atomic E-state index is 0.0756. The number of carbonyl (C=O) groups is 1. The van der Waals surface area contributed by atoms with Crippen molar-refractivity contribution in [2.75, 3.05) is 50.9 Å². The molecule has 6 nitrogen and oxygen atoms in total. The van der Waals surface area contributed by atoms with Gasteiger partial charge < -0.3 is 19.3 Å². The maximum atomic E-state index is 12.2. The van der Waals surface area contributed by atoms with E-state index in [0.717, 1.165) is 51.3 Å². The van der Waals surface area contributed by atoms with Crippen LogP contribution in [0.15, 0.2) is 24.5 Å². The van der Waals surface area contributed by atoms with Crippen molar-refractivity contribution in [1.82, 2.24) is 9.88 Å². The summed E-state index contributed by atoms with van der Waals surface area (Å²) in [5.41, 5.74) is 1.12. The normalized spacial score (nSPS) is 22.2. The number of pyridine rings is 1. The molecule has 0 saturated carbocycles. The second-order valence-electron chi connectivity index (χ2n) is 6.08. The third kappa shape index (κ3) is 4.65. The number of hydrogen-bond donors (Lipinski definition) is 0. The first kappa shape index (κ1) is 16.2. The van der Waals surface area contributed by atoms with E-state index in [2.05, 4.69) is 16.0 Å². The molecule has 1 atom stereocenters. The van der Waals surface area contributed by atoms with E-state index in [-0.39, 0.29) is 18.6 Å². The summed E-state index contributed by atoms with van der Waals surface area (Å²) in [7, 11) is 0. The summed E-state index contributed by atoms with van der Waals surface area (Å²) in [6, 6.07) is 3.99. The van der Waals surface area contributed by atoms with Gasteiger partial charge in [0.25, 0.3) is 0 Å². The van der Waals surface area contributed by atoms with Crippen molar-refractivity contribution in [2.45, 2.75) is 25.4 Å². The molecular formula is C17H25N3O3. The molecule has 2 aliphatic rings. The number of amides is 1. The fourth-order valence-corrected chi connectivity index (χ4v) is 3.06. The third-order valence-electron chi connectivity index (χ3n) is 4.45. The number of hydrogen-bond acceptors (Lipinski definition) is 5. The van der Waals surface area contributed by atoms with Gasteiger partial charge in [-0.15, -0.1) is 0 Å². The number of nitrogens with zero attached hydrogens (tertiary/aromatic N) is 3. The topological polar surface area (TPSA) is 54.9 Å². The van der Waals surface area contributed by atoms with Crippen molar-refractivity contribution in [3.63, 3.8) is 0 Å². The molecule has 1 amide bonds. The molecule has 1 aromatic heterocycles. The molecule has 0 radical (unpaired) electrons. The SMILES string of the molecule is O=C(COC[C@@H]1CCCCO1)N1CCN(c2cccnc2)CC1. The number of anilines is 1. The van der Waals surface area contributed by atoms with Crippen molar-refractivity contribution < 1.29 is 14.3 Å². The Hall–Kier alpha value is -1.66. The molecule has 3 heterocycles. The molecule has 6 heteroatoms. The fourth-order valence-electron chi connectivity index (χ4n) is 3.06. The van der Waals surface area contributed by atoms with Crippen molar-refractivity contribution in [2.24, 2.45) is 0 Å². The molecule has 0 unspecified atom stereocenters. The smallest absolute Gasteiger partial charge is 0.248 e. The summed E-state index contributed by atoms with van der Waals surface area (Å²) in [6.45, 7) is 4.65. The van der Waals surface area contributed by atoms with Crippen molar-refractivity contribution in [1.29, 1.82) is 0 Å². The van der Waals surface area contributed by atoms with Gasteiger partial charge in [0.2, 0.25) is 5.91 Å². The Labute approximate surface area is 137 Å². The third-order valence-corrected chi connectivity index (χ3v) is 4.45. The van der Waals surface area contributed by atoms with E-state index < -0.39 is 0 Å². The molecule has 2 saturated heterocycles. The lowest BCUT2D eigenvalue weighted by Crippen LogP contribution is -2.50. The molecule has 0 aliphatic carbocycles. The highest BCUT2D eigenvalue weighted by atomic mass is 16.5. The second kappa shape index (κ2) is 8.26. The summed E-state index contributed by atoms with van der Waals surface area (Å²) >= 11 is 0. The Morgan fingerprint density at radius 2 is 2.17 bits per heavy atom. The van der Waals surface area contributed by atoms with Gasteiger partial charge in [-0.2, -0.15) is 0 Å². The second-order valence-corrected chi connectivity index (χ2v) is 6.08. The summed E-state index contributed by atoms with van der Waals surface area (Å²) < 4.78 is 11.2. The van der Waals surface area contributed by atoms with E-state index in [4.69, 9.17) is 9.47 Å². The van der Waals surface area contributed by atoms with Gasteiger partial charge in [-0.05, 0) is 31.4 Å². The Morgan fingerprint density at radius 3 is 2.87 bits per heavy atom. The molecule has 0 N–H and O–H groups in total. The van der Waals surface area contributed by atoms with Crippen molar-refractivity contribution in [3.8, 4) is 0 Å². The van der Waals surface area contributed by atoms with Crippen LogP contribution in [-0.4, -0.2) is 67.9 Å². The summed E-state index contributed by atoms with van der Waals surface area (Å²) in [4.78, 5) is 20.5. The van der Waals surface area contributed by atoms with Crippen LogP contribution in [0.5, 0.6) is 0 Å². The van der Waals surface area contributed by atoms with Gasteiger partial charge in [-0.25, -0.2) is 0 Å². The van der Waals surface area contributed by atoms with Gasteiger partial charge in [0.05, 0.1) is 24.6 Å². The van der Waals surface area contributed by atoms with Gasteiger partial charge in [-0.3, -0.25) is 9.78 Å². The first-order valence-electron chi connectivity index (χ1n) is 8.45. The fraction of sp³-hybridized carbons (Fsp3) is 0.647. The van der Waals surface area contributed by atoms with Gasteiger partial charge in [-0.1, -0.05) is 0 Å². The molecule has 0 aromatic carbocycles. The van der Waals surface area contributed by atoms with Crippen LogP contribution in [0, 0.1) is 0 Å². The number of rotatable bonds is 5. The molecule has 23 heavy (non-hydrogen) atoms. The van der Waals surface area contributed by atoms with Crippen LogP contribution in [-0.2, 0) is 14.3 Å². The Bertz CT molecular complexity index is 483. The zero-order chi connectivity index (χ0) is 15.9. The predicted molar refractivity (Wildman–Crippen MR) is 87.4 cm³/mol. The van der Waals surface area contributed by atoms with E-state index >= 15 is 0 Å². The number of carbonyl (C=O) groups excluding carboxylic acids is 1. The van der Waals surface area contributed by atoms with Crippen LogP contribution in [0.2, 0.25) is 0 Å². The monoisotopic (exact) mass is 319 g/mol. The Kier molecular flexibility index (Phi) is 5.82. The van der Waals surface area contributed by atoms with Crippen LogP contribution in [0.25, 0.3) is 0 Å². The highest BCUT2D eigenvalue weighted by Crippen LogP contribution is 2.15. The molecular weight excluding hydrogens is 294 g/mol. The van der Waals surface area contributed by atoms with Crippen LogP contribution in [0.4, 0.5) is 5.69 Å². The van der Waals surface area contributed by atoms with Gasteiger partial charge in [0.15, 0.2) is 0 Å². The number of piperazine rings is 1. The standard InChI is InChI=1S/C17H25N3O3/c21-17(14-22-13-16-5-1-2-11-23-16)20-9-7-19(8-10-20)15-4-3-6-18-12-15/h3-4,6,12,16H,1-2,5,7-11,13-14H2/t16-/m0/s1. The molecule has 3 rings (SSSR count). The Morgan fingerprint density at radius 1 is 1.30 bits per heavy atom. The van der Waals surface area contributed by atoms with E-state index in [9.17, 15) is 4.79 Å². The zero-order valence-corrected chi connectivity index (χ0v) is 13.5. The average molecular weight is 319 g/mol. The minimum Gasteiger partial charge on any atom is -0.376 e. The summed E-state index contributed by atoms with van der Waals surface area (Å²) in [5.74, 6) is 0.0756. The largest absolute Gasteiger partial charge is 0.376 e. The van der Waals surface area contributed by atoms with E-state index in [1.54, 1.807) is 6.20 Å².